The summed E-state index contributed by atoms with van der Waals surface area (Å²) in [6.07, 6.45) is 0. The van der Waals surface area contributed by atoms with Gasteiger partial charge >= 0.3 is 0 Å². The van der Waals surface area contributed by atoms with E-state index in [2.05, 4.69) is 0 Å². The second-order valence-electron chi connectivity index (χ2n) is 4.03. The molecule has 94 valence electrons. The third kappa shape index (κ3) is 2.27. The Kier molecular flexibility index (Phi) is 3.43. The third-order valence-electron chi connectivity index (χ3n) is 2.80. The molecule has 2 aromatic rings. The number of ether oxygens (including phenoxy) is 1. The van der Waals surface area contributed by atoms with E-state index in [4.69, 9.17) is 22.1 Å². The molecule has 0 unspecified atom stereocenters. The van der Waals surface area contributed by atoms with Crippen molar-refractivity contribution in [2.45, 2.75) is 6.92 Å². The van der Waals surface area contributed by atoms with Crippen molar-refractivity contribution in [2.75, 3.05) is 12.8 Å². The molecule has 0 aliphatic heterocycles. The van der Waals surface area contributed by atoms with Crippen LogP contribution in [0, 0.1) is 12.7 Å². The van der Waals surface area contributed by atoms with Gasteiger partial charge in [0.1, 0.15) is 11.6 Å². The Hall–Kier alpha value is -1.74. The van der Waals surface area contributed by atoms with Crippen molar-refractivity contribution >= 4 is 17.3 Å². The summed E-state index contributed by atoms with van der Waals surface area (Å²) in [5.41, 5.74) is 8.61. The number of hydrogen-bond donors (Lipinski definition) is 1. The molecule has 0 atom stereocenters. The molecule has 2 nitrogen and oxygen atoms in total. The van der Waals surface area contributed by atoms with Gasteiger partial charge in [0, 0.05) is 5.56 Å². The number of halogens is 2. The Morgan fingerprint density at radius 1 is 1.22 bits per heavy atom. The van der Waals surface area contributed by atoms with Crippen molar-refractivity contribution in [1.29, 1.82) is 0 Å². The van der Waals surface area contributed by atoms with Crippen LogP contribution in [0.2, 0.25) is 5.02 Å². The number of aryl methyl sites for hydroxylation is 1. The van der Waals surface area contributed by atoms with Gasteiger partial charge in [-0.25, -0.2) is 4.39 Å². The molecular formula is C14H13ClFNO. The van der Waals surface area contributed by atoms with Gasteiger partial charge in [-0.15, -0.1) is 0 Å². The van der Waals surface area contributed by atoms with Gasteiger partial charge in [-0.1, -0.05) is 17.7 Å². The largest absolute Gasteiger partial charge is 0.496 e. The Morgan fingerprint density at radius 2 is 1.94 bits per heavy atom. The van der Waals surface area contributed by atoms with Crippen LogP contribution in [0.15, 0.2) is 30.3 Å². The molecule has 0 aromatic heterocycles. The number of benzene rings is 2. The van der Waals surface area contributed by atoms with Gasteiger partial charge in [0.25, 0.3) is 0 Å². The standard InChI is InChI=1S/C14H13ClFNO/c1-8-5-9(3-4-13(8)18-2)11-6-10(16)7-12(15)14(11)17/h3-7H,17H2,1-2H3. The van der Waals surface area contributed by atoms with Crippen LogP contribution in [-0.2, 0) is 0 Å². The summed E-state index contributed by atoms with van der Waals surface area (Å²) in [6.45, 7) is 1.92. The average Bonchev–Trinajstić information content (AvgIpc) is 2.33. The maximum atomic E-state index is 13.4. The summed E-state index contributed by atoms with van der Waals surface area (Å²) < 4.78 is 18.6. The smallest absolute Gasteiger partial charge is 0.125 e. The van der Waals surface area contributed by atoms with Gasteiger partial charge in [-0.2, -0.15) is 0 Å². The Bertz CT molecular complexity index is 599. The summed E-state index contributed by atoms with van der Waals surface area (Å²) >= 11 is 5.88. The first-order valence-electron chi connectivity index (χ1n) is 5.42. The minimum atomic E-state index is -0.405. The predicted molar refractivity (Wildman–Crippen MR) is 72.5 cm³/mol. The topological polar surface area (TPSA) is 35.2 Å². The molecule has 0 fully saturated rings. The number of hydrogen-bond acceptors (Lipinski definition) is 2. The fraction of sp³-hybridized carbons (Fsp3) is 0.143. The van der Waals surface area contributed by atoms with Crippen molar-refractivity contribution < 1.29 is 9.13 Å². The summed E-state index contributed by atoms with van der Waals surface area (Å²) in [6, 6.07) is 8.12. The van der Waals surface area contributed by atoms with Gasteiger partial charge in [0.15, 0.2) is 0 Å². The lowest BCUT2D eigenvalue weighted by molar-refractivity contribution is 0.412. The number of nitrogen functional groups attached to an aromatic ring is 1. The predicted octanol–water partition coefficient (Wildman–Crippen LogP) is 4.05. The van der Waals surface area contributed by atoms with Gasteiger partial charge < -0.3 is 10.5 Å². The first-order chi connectivity index (χ1) is 8.52. The summed E-state index contributed by atoms with van der Waals surface area (Å²) in [5, 5.41) is 0.221. The second kappa shape index (κ2) is 4.86. The first kappa shape index (κ1) is 12.7. The minimum absolute atomic E-state index is 0.221. The van der Waals surface area contributed by atoms with E-state index in [1.807, 2.05) is 25.1 Å². The second-order valence-corrected chi connectivity index (χ2v) is 4.44. The van der Waals surface area contributed by atoms with E-state index >= 15 is 0 Å². The molecule has 0 heterocycles. The molecule has 0 saturated carbocycles. The zero-order valence-corrected chi connectivity index (χ0v) is 10.9. The van der Waals surface area contributed by atoms with Crippen LogP contribution in [-0.4, -0.2) is 7.11 Å². The number of methoxy groups -OCH3 is 1. The summed E-state index contributed by atoms with van der Waals surface area (Å²) in [7, 11) is 1.61. The highest BCUT2D eigenvalue weighted by Crippen LogP contribution is 2.34. The van der Waals surface area contributed by atoms with Crippen LogP contribution in [0.4, 0.5) is 10.1 Å². The molecule has 18 heavy (non-hydrogen) atoms. The van der Waals surface area contributed by atoms with E-state index in [9.17, 15) is 4.39 Å². The maximum Gasteiger partial charge on any atom is 0.125 e. The molecule has 4 heteroatoms. The quantitative estimate of drug-likeness (QED) is 0.832. The number of rotatable bonds is 2. The molecule has 2 rings (SSSR count). The lowest BCUT2D eigenvalue weighted by Gasteiger charge is -2.11. The van der Waals surface area contributed by atoms with Crippen LogP contribution >= 0.6 is 11.6 Å². The zero-order valence-electron chi connectivity index (χ0n) is 10.1. The van der Waals surface area contributed by atoms with Crippen molar-refractivity contribution in [2.24, 2.45) is 0 Å². The van der Waals surface area contributed by atoms with Crippen LogP contribution in [0.1, 0.15) is 5.56 Å². The fourth-order valence-electron chi connectivity index (χ4n) is 1.87. The molecular weight excluding hydrogens is 253 g/mol. The fourth-order valence-corrected chi connectivity index (χ4v) is 2.08. The van der Waals surface area contributed by atoms with Crippen molar-refractivity contribution in [3.63, 3.8) is 0 Å². The Labute approximate surface area is 110 Å². The Morgan fingerprint density at radius 3 is 2.56 bits per heavy atom. The minimum Gasteiger partial charge on any atom is -0.496 e. The number of nitrogens with two attached hydrogens (primary N) is 1. The molecule has 0 spiro atoms. The highest BCUT2D eigenvalue weighted by atomic mass is 35.5. The Balaban J connectivity index is 2.58. The van der Waals surface area contributed by atoms with E-state index < -0.39 is 5.82 Å². The zero-order chi connectivity index (χ0) is 13.3. The SMILES string of the molecule is COc1ccc(-c2cc(F)cc(Cl)c2N)cc1C. The first-order valence-corrected chi connectivity index (χ1v) is 5.80. The molecule has 0 amide bonds. The van der Waals surface area contributed by atoms with Crippen molar-refractivity contribution in [1.82, 2.24) is 0 Å². The highest BCUT2D eigenvalue weighted by molar-refractivity contribution is 6.33. The molecule has 0 aliphatic carbocycles. The van der Waals surface area contributed by atoms with Crippen LogP contribution in [0.25, 0.3) is 11.1 Å². The van der Waals surface area contributed by atoms with Crippen molar-refractivity contribution in [3.05, 3.63) is 46.7 Å². The van der Waals surface area contributed by atoms with E-state index in [-0.39, 0.29) is 5.02 Å². The summed E-state index contributed by atoms with van der Waals surface area (Å²) in [4.78, 5) is 0. The van der Waals surface area contributed by atoms with Crippen LogP contribution in [0.5, 0.6) is 5.75 Å². The molecule has 0 bridgehead atoms. The normalized spacial score (nSPS) is 10.4. The van der Waals surface area contributed by atoms with Gasteiger partial charge in [-0.3, -0.25) is 0 Å². The third-order valence-corrected chi connectivity index (χ3v) is 3.11. The maximum absolute atomic E-state index is 13.4. The van der Waals surface area contributed by atoms with E-state index in [0.717, 1.165) is 16.9 Å². The van der Waals surface area contributed by atoms with Crippen molar-refractivity contribution in [3.8, 4) is 16.9 Å². The van der Waals surface area contributed by atoms with E-state index in [1.165, 1.54) is 12.1 Å². The van der Waals surface area contributed by atoms with Crippen LogP contribution < -0.4 is 10.5 Å². The average molecular weight is 266 g/mol. The molecule has 0 radical (unpaired) electrons. The van der Waals surface area contributed by atoms with Crippen LogP contribution in [0.3, 0.4) is 0 Å². The highest BCUT2D eigenvalue weighted by Gasteiger charge is 2.10. The number of anilines is 1. The van der Waals surface area contributed by atoms with E-state index in [1.54, 1.807) is 7.11 Å². The monoisotopic (exact) mass is 265 g/mol. The van der Waals surface area contributed by atoms with Gasteiger partial charge in [0.2, 0.25) is 0 Å². The lowest BCUT2D eigenvalue weighted by atomic mass is 10.0. The molecule has 0 saturated heterocycles. The molecule has 0 aliphatic rings. The molecule has 2 N–H and O–H groups in total. The van der Waals surface area contributed by atoms with Gasteiger partial charge in [0.05, 0.1) is 17.8 Å². The van der Waals surface area contributed by atoms with E-state index in [0.29, 0.717) is 11.3 Å². The lowest BCUT2D eigenvalue weighted by Crippen LogP contribution is -1.94. The summed E-state index contributed by atoms with van der Waals surface area (Å²) in [5.74, 6) is 0.373. The van der Waals surface area contributed by atoms with Gasteiger partial charge in [-0.05, 0) is 42.3 Å². The molecule has 2 aromatic carbocycles.